The van der Waals surface area contributed by atoms with Crippen LogP contribution in [0.2, 0.25) is 0 Å². The highest BCUT2D eigenvalue weighted by Gasteiger charge is 2.59. The Morgan fingerprint density at radius 3 is 1.75 bits per heavy atom. The molecule has 1 aliphatic heterocycles. The summed E-state index contributed by atoms with van der Waals surface area (Å²) in [5, 5.41) is 2.94. The van der Waals surface area contributed by atoms with Gasteiger partial charge in [-0.3, -0.25) is 4.79 Å². The van der Waals surface area contributed by atoms with Gasteiger partial charge >= 0.3 is 0 Å². The summed E-state index contributed by atoms with van der Waals surface area (Å²) in [5.41, 5.74) is -0.181. The maximum atomic E-state index is 11.8. The average molecular weight is 266 g/mol. The second-order valence-electron chi connectivity index (χ2n) is 6.78. The van der Waals surface area contributed by atoms with E-state index in [1.807, 2.05) is 0 Å². The van der Waals surface area contributed by atoms with Gasteiger partial charge in [-0.1, -0.05) is 64.7 Å². The first-order valence-electron chi connectivity index (χ1n) is 5.57. The minimum Gasteiger partial charge on any atom is -0.350 e. The molecule has 4 heteroatoms. The van der Waals surface area contributed by atoms with Crippen LogP contribution in [0.1, 0.15) is 41.5 Å². The van der Waals surface area contributed by atoms with E-state index >= 15 is 0 Å². The largest absolute Gasteiger partial charge is 0.350 e. The van der Waals surface area contributed by atoms with Crippen molar-refractivity contribution in [2.24, 2.45) is 16.7 Å². The maximum Gasteiger partial charge on any atom is 0.257 e. The molecule has 1 rings (SSSR count). The van der Waals surface area contributed by atoms with E-state index in [-0.39, 0.29) is 28.7 Å². The number of nitrogens with one attached hydrogen (secondary N) is 1. The lowest BCUT2D eigenvalue weighted by atomic mass is 9.68. The Hall–Kier alpha value is 0.0500. The van der Waals surface area contributed by atoms with Gasteiger partial charge in [0.25, 0.3) is 5.91 Å². The molecule has 1 fully saturated rings. The molecule has 2 atom stereocenters. The molecule has 1 aliphatic rings. The fourth-order valence-electron chi connectivity index (χ4n) is 2.43. The molecule has 0 bridgehead atoms. The molecule has 0 aromatic heterocycles. The molecule has 1 saturated heterocycles. The molecular formula is C12H21Cl2NO. The highest BCUT2D eigenvalue weighted by atomic mass is 35.5. The molecule has 16 heavy (non-hydrogen) atoms. The van der Waals surface area contributed by atoms with Crippen LogP contribution in [-0.4, -0.2) is 16.3 Å². The van der Waals surface area contributed by atoms with Gasteiger partial charge in [0.2, 0.25) is 4.33 Å². The van der Waals surface area contributed by atoms with Crippen molar-refractivity contribution in [2.75, 3.05) is 0 Å². The summed E-state index contributed by atoms with van der Waals surface area (Å²) in [7, 11) is 0. The van der Waals surface area contributed by atoms with Crippen LogP contribution in [0.5, 0.6) is 0 Å². The number of rotatable bonds is 0. The van der Waals surface area contributed by atoms with Gasteiger partial charge in [-0.2, -0.15) is 0 Å². The number of alkyl halides is 2. The molecule has 1 N–H and O–H groups in total. The van der Waals surface area contributed by atoms with E-state index in [1.54, 1.807) is 0 Å². The van der Waals surface area contributed by atoms with Crippen molar-refractivity contribution in [1.29, 1.82) is 0 Å². The van der Waals surface area contributed by atoms with Crippen molar-refractivity contribution in [3.05, 3.63) is 0 Å². The first-order valence-corrected chi connectivity index (χ1v) is 6.33. The first-order chi connectivity index (χ1) is 6.88. The summed E-state index contributed by atoms with van der Waals surface area (Å²) in [4.78, 5) is 11.8. The summed E-state index contributed by atoms with van der Waals surface area (Å²) < 4.78 is -1.32. The fraction of sp³-hybridized carbons (Fsp3) is 0.917. The van der Waals surface area contributed by atoms with Gasteiger partial charge in [0.15, 0.2) is 0 Å². The van der Waals surface area contributed by atoms with Crippen LogP contribution in [-0.2, 0) is 4.79 Å². The summed E-state index contributed by atoms with van der Waals surface area (Å²) in [6, 6.07) is -0.00463. The summed E-state index contributed by atoms with van der Waals surface area (Å²) in [6.07, 6.45) is 0. The highest BCUT2D eigenvalue weighted by Crippen LogP contribution is 2.51. The Kier molecular flexibility index (Phi) is 3.33. The van der Waals surface area contributed by atoms with Crippen LogP contribution >= 0.6 is 23.2 Å². The van der Waals surface area contributed by atoms with Gasteiger partial charge in [0.1, 0.15) is 0 Å². The molecule has 0 radical (unpaired) electrons. The van der Waals surface area contributed by atoms with Gasteiger partial charge in [-0.05, 0) is 10.8 Å². The van der Waals surface area contributed by atoms with Gasteiger partial charge in [-0.25, -0.2) is 0 Å². The predicted molar refractivity (Wildman–Crippen MR) is 68.8 cm³/mol. The van der Waals surface area contributed by atoms with E-state index in [1.165, 1.54) is 0 Å². The number of amides is 1. The minimum atomic E-state index is -1.32. The Morgan fingerprint density at radius 2 is 1.50 bits per heavy atom. The predicted octanol–water partition coefficient (Wildman–Crippen LogP) is 3.37. The molecule has 0 aromatic carbocycles. The Morgan fingerprint density at radius 1 is 1.06 bits per heavy atom. The minimum absolute atomic E-state index is 0.00463. The Labute approximate surface area is 108 Å². The lowest BCUT2D eigenvalue weighted by Gasteiger charge is -2.41. The number of carbonyl (C=O) groups excluding carboxylic acids is 1. The molecule has 94 valence electrons. The zero-order valence-electron chi connectivity index (χ0n) is 10.8. The Balaban J connectivity index is 3.19. The zero-order chi connectivity index (χ0) is 12.9. The second kappa shape index (κ2) is 3.78. The lowest BCUT2D eigenvalue weighted by molar-refractivity contribution is -0.120. The average Bonchev–Trinajstić information content (AvgIpc) is 2.20. The highest BCUT2D eigenvalue weighted by molar-refractivity contribution is 6.59. The summed E-state index contributed by atoms with van der Waals surface area (Å²) >= 11 is 12.4. The molecule has 1 amide bonds. The van der Waals surface area contributed by atoms with Gasteiger partial charge in [-0.15, -0.1) is 0 Å². The molecule has 2 nitrogen and oxygen atoms in total. The van der Waals surface area contributed by atoms with Crippen molar-refractivity contribution in [3.8, 4) is 0 Å². The van der Waals surface area contributed by atoms with E-state index in [2.05, 4.69) is 46.9 Å². The fourth-order valence-corrected chi connectivity index (χ4v) is 3.45. The summed E-state index contributed by atoms with van der Waals surface area (Å²) in [5.74, 6) is -0.369. The van der Waals surface area contributed by atoms with Gasteiger partial charge < -0.3 is 5.32 Å². The number of hydrogen-bond donors (Lipinski definition) is 1. The standard InChI is InChI=1S/C12H21Cl2NO/c1-10(2,3)7-8(11(4,5)6)15-9(16)12(7,13)14/h7-8H,1-6H3,(H,15,16). The normalized spacial score (nSPS) is 30.4. The molecule has 0 spiro atoms. The van der Waals surface area contributed by atoms with E-state index in [0.717, 1.165) is 0 Å². The van der Waals surface area contributed by atoms with Crippen LogP contribution in [0.3, 0.4) is 0 Å². The quantitative estimate of drug-likeness (QED) is 0.669. The second-order valence-corrected chi connectivity index (χ2v) is 8.17. The van der Waals surface area contributed by atoms with E-state index < -0.39 is 4.33 Å². The van der Waals surface area contributed by atoms with Crippen molar-refractivity contribution in [1.82, 2.24) is 5.32 Å². The molecule has 0 saturated carbocycles. The van der Waals surface area contributed by atoms with Gasteiger partial charge in [0, 0.05) is 12.0 Å². The number of hydrogen-bond acceptors (Lipinski definition) is 1. The van der Waals surface area contributed by atoms with Crippen molar-refractivity contribution in [2.45, 2.75) is 51.9 Å². The van der Waals surface area contributed by atoms with Crippen molar-refractivity contribution in [3.63, 3.8) is 0 Å². The molecule has 2 unspecified atom stereocenters. The third kappa shape index (κ3) is 2.33. The molecule has 0 aromatic rings. The van der Waals surface area contributed by atoms with Crippen LogP contribution in [0.25, 0.3) is 0 Å². The van der Waals surface area contributed by atoms with E-state index in [0.29, 0.717) is 0 Å². The molecule has 1 heterocycles. The summed E-state index contributed by atoms with van der Waals surface area (Å²) in [6.45, 7) is 12.5. The van der Waals surface area contributed by atoms with E-state index in [9.17, 15) is 4.79 Å². The van der Waals surface area contributed by atoms with Crippen LogP contribution in [0, 0.1) is 16.7 Å². The number of carbonyl (C=O) groups is 1. The number of halogens is 2. The van der Waals surface area contributed by atoms with Crippen LogP contribution in [0.4, 0.5) is 0 Å². The lowest BCUT2D eigenvalue weighted by Crippen LogP contribution is -2.46. The third-order valence-corrected chi connectivity index (χ3v) is 3.99. The van der Waals surface area contributed by atoms with Crippen LogP contribution < -0.4 is 5.32 Å². The monoisotopic (exact) mass is 265 g/mol. The van der Waals surface area contributed by atoms with Crippen molar-refractivity contribution < 1.29 is 4.79 Å². The van der Waals surface area contributed by atoms with Gasteiger partial charge in [0.05, 0.1) is 0 Å². The topological polar surface area (TPSA) is 29.1 Å². The zero-order valence-corrected chi connectivity index (χ0v) is 12.3. The molecular weight excluding hydrogens is 245 g/mol. The van der Waals surface area contributed by atoms with E-state index in [4.69, 9.17) is 23.2 Å². The SMILES string of the molecule is CC(C)(C)C1NC(=O)C(Cl)(Cl)C1C(C)(C)C. The van der Waals surface area contributed by atoms with Crippen molar-refractivity contribution >= 4 is 29.1 Å². The third-order valence-electron chi connectivity index (χ3n) is 3.18. The molecule has 0 aliphatic carbocycles. The maximum absolute atomic E-state index is 11.8. The first kappa shape index (κ1) is 14.1. The smallest absolute Gasteiger partial charge is 0.257 e. The van der Waals surface area contributed by atoms with Crippen LogP contribution in [0.15, 0.2) is 0 Å². The Bertz CT molecular complexity index is 299.